The van der Waals surface area contributed by atoms with Crippen LogP contribution in [0.4, 0.5) is 0 Å². The van der Waals surface area contributed by atoms with E-state index in [-0.39, 0.29) is 0 Å². The van der Waals surface area contributed by atoms with Crippen molar-refractivity contribution in [3.8, 4) is 0 Å². The summed E-state index contributed by atoms with van der Waals surface area (Å²) in [4.78, 5) is 15.6. The van der Waals surface area contributed by atoms with Gasteiger partial charge in [-0.2, -0.15) is 0 Å². The van der Waals surface area contributed by atoms with Gasteiger partial charge in [-0.25, -0.2) is 0 Å². The van der Waals surface area contributed by atoms with E-state index in [1.54, 1.807) is 0 Å². The minimum atomic E-state index is -0.401. The molecule has 1 aliphatic rings. The quantitative estimate of drug-likeness (QED) is 0.760. The lowest BCUT2D eigenvalue weighted by Gasteiger charge is -2.40. The van der Waals surface area contributed by atoms with Gasteiger partial charge in [-0.3, -0.25) is 4.79 Å². The van der Waals surface area contributed by atoms with Crippen LogP contribution in [0.25, 0.3) is 0 Å². The fourth-order valence-corrected chi connectivity index (χ4v) is 3.62. The Kier molecular flexibility index (Phi) is 6.64. The lowest BCUT2D eigenvalue weighted by Crippen LogP contribution is -2.51. The molecular weight excluding hydrogens is 286 g/mol. The van der Waals surface area contributed by atoms with Crippen LogP contribution in [0.15, 0.2) is 30.3 Å². The fraction of sp³-hybridized carbons (Fsp3) is 0.650. The monoisotopic (exact) mass is 317 g/mol. The van der Waals surface area contributed by atoms with Crippen molar-refractivity contribution in [1.29, 1.82) is 0 Å². The summed E-state index contributed by atoms with van der Waals surface area (Å²) in [6.07, 6.45) is 3.83. The molecule has 1 aliphatic heterocycles. The Morgan fingerprint density at radius 3 is 2.26 bits per heavy atom. The maximum absolute atomic E-state index is 13.5. The second-order valence-corrected chi connectivity index (χ2v) is 6.59. The van der Waals surface area contributed by atoms with E-state index in [1.807, 2.05) is 18.2 Å². The van der Waals surface area contributed by atoms with Gasteiger partial charge in [-0.1, -0.05) is 57.0 Å². The molecule has 0 radical (unpaired) electrons. The predicted molar refractivity (Wildman–Crippen MR) is 94.5 cm³/mol. The minimum Gasteiger partial charge on any atom is -0.381 e. The molecule has 0 unspecified atom stereocenters. The van der Waals surface area contributed by atoms with E-state index in [4.69, 9.17) is 4.74 Å². The number of carbonyl (C=O) groups is 1. The average Bonchev–Trinajstić information content (AvgIpc) is 2.63. The zero-order valence-electron chi connectivity index (χ0n) is 14.9. The van der Waals surface area contributed by atoms with Crippen LogP contribution in [0.1, 0.15) is 52.0 Å². The maximum Gasteiger partial charge on any atom is 0.233 e. The normalized spacial score (nSPS) is 17.2. The zero-order valence-corrected chi connectivity index (χ0v) is 14.9. The van der Waals surface area contributed by atoms with Crippen molar-refractivity contribution in [1.82, 2.24) is 4.90 Å². The number of nitrogens with zero attached hydrogens (tertiary/aromatic N) is 1. The van der Waals surface area contributed by atoms with E-state index in [2.05, 4.69) is 37.8 Å². The summed E-state index contributed by atoms with van der Waals surface area (Å²) < 4.78 is 5.56. The van der Waals surface area contributed by atoms with E-state index in [0.29, 0.717) is 25.0 Å². The van der Waals surface area contributed by atoms with Crippen LogP contribution in [0.2, 0.25) is 0 Å². The van der Waals surface area contributed by atoms with Gasteiger partial charge in [-0.05, 0) is 31.2 Å². The average molecular weight is 317 g/mol. The third-order valence-electron chi connectivity index (χ3n) is 5.38. The molecule has 0 spiro atoms. The molecule has 3 heteroatoms. The number of benzene rings is 1. The highest BCUT2D eigenvalue weighted by Crippen LogP contribution is 2.37. The Morgan fingerprint density at radius 1 is 1.13 bits per heavy atom. The number of amides is 1. The summed E-state index contributed by atoms with van der Waals surface area (Å²) in [5.41, 5.74) is 0.748. The second kappa shape index (κ2) is 8.49. The highest BCUT2D eigenvalue weighted by atomic mass is 16.5. The number of rotatable bonds is 7. The molecule has 0 N–H and O–H groups in total. The van der Waals surface area contributed by atoms with Crippen LogP contribution in [0, 0.1) is 5.92 Å². The first-order chi connectivity index (χ1) is 11.2. The summed E-state index contributed by atoms with van der Waals surface area (Å²) in [5, 5.41) is 0. The van der Waals surface area contributed by atoms with Gasteiger partial charge in [-0.15, -0.1) is 0 Å². The number of hydrogen-bond donors (Lipinski definition) is 0. The molecule has 1 aromatic carbocycles. The van der Waals surface area contributed by atoms with Crippen LogP contribution in [0.3, 0.4) is 0 Å². The van der Waals surface area contributed by atoms with Crippen molar-refractivity contribution in [2.75, 3.05) is 26.3 Å². The van der Waals surface area contributed by atoms with Gasteiger partial charge in [0.05, 0.1) is 5.41 Å². The van der Waals surface area contributed by atoms with Crippen LogP contribution in [-0.2, 0) is 14.9 Å². The van der Waals surface area contributed by atoms with Gasteiger partial charge in [0, 0.05) is 26.3 Å². The lowest BCUT2D eigenvalue weighted by molar-refractivity contribution is -0.141. The van der Waals surface area contributed by atoms with Gasteiger partial charge in [0.1, 0.15) is 0 Å². The molecule has 1 saturated heterocycles. The molecule has 128 valence electrons. The molecule has 0 atom stereocenters. The summed E-state index contributed by atoms with van der Waals surface area (Å²) in [7, 11) is 0. The van der Waals surface area contributed by atoms with Crippen LogP contribution < -0.4 is 0 Å². The molecule has 2 rings (SSSR count). The van der Waals surface area contributed by atoms with Crippen LogP contribution in [0.5, 0.6) is 0 Å². The fourth-order valence-electron chi connectivity index (χ4n) is 3.62. The molecule has 0 aliphatic carbocycles. The van der Waals surface area contributed by atoms with Crippen molar-refractivity contribution < 1.29 is 9.53 Å². The molecule has 23 heavy (non-hydrogen) atoms. The van der Waals surface area contributed by atoms with Crippen molar-refractivity contribution in [2.24, 2.45) is 5.92 Å². The standard InChI is InChI=1S/C20H31NO2/c1-4-17(5-2)16-21(6-3)19(22)20(12-14-23-15-13-20)18-10-8-7-9-11-18/h7-11,17H,4-6,12-16H2,1-3H3. The molecule has 1 amide bonds. The Hall–Kier alpha value is -1.35. The largest absolute Gasteiger partial charge is 0.381 e. The van der Waals surface area contributed by atoms with Crippen molar-refractivity contribution in [3.63, 3.8) is 0 Å². The first kappa shape index (κ1) is 18.0. The Morgan fingerprint density at radius 2 is 1.74 bits per heavy atom. The Labute approximate surface area is 141 Å². The zero-order chi connectivity index (χ0) is 16.7. The highest BCUT2D eigenvalue weighted by Gasteiger charge is 2.43. The SMILES string of the molecule is CCC(CC)CN(CC)C(=O)C1(c2ccccc2)CCOCC1. The Balaban J connectivity index is 2.29. The summed E-state index contributed by atoms with van der Waals surface area (Å²) in [6, 6.07) is 10.3. The summed E-state index contributed by atoms with van der Waals surface area (Å²) >= 11 is 0. The topological polar surface area (TPSA) is 29.5 Å². The maximum atomic E-state index is 13.5. The first-order valence-electron chi connectivity index (χ1n) is 9.10. The van der Waals surface area contributed by atoms with Crippen molar-refractivity contribution >= 4 is 5.91 Å². The predicted octanol–water partition coefficient (Wildman–Crippen LogP) is 4.02. The highest BCUT2D eigenvalue weighted by molar-refractivity contribution is 5.88. The van der Waals surface area contributed by atoms with Gasteiger partial charge < -0.3 is 9.64 Å². The first-order valence-corrected chi connectivity index (χ1v) is 9.10. The molecule has 0 aromatic heterocycles. The summed E-state index contributed by atoms with van der Waals surface area (Å²) in [6.45, 7) is 9.52. The van der Waals surface area contributed by atoms with Gasteiger partial charge in [0.25, 0.3) is 0 Å². The minimum absolute atomic E-state index is 0.293. The third kappa shape index (κ3) is 3.95. The summed E-state index contributed by atoms with van der Waals surface area (Å²) in [5.74, 6) is 0.882. The van der Waals surface area contributed by atoms with Gasteiger partial charge >= 0.3 is 0 Å². The molecule has 1 fully saturated rings. The Bertz CT molecular complexity index is 476. The van der Waals surface area contributed by atoms with Gasteiger partial charge in [0.2, 0.25) is 5.91 Å². The van der Waals surface area contributed by atoms with Crippen LogP contribution in [-0.4, -0.2) is 37.1 Å². The molecule has 1 heterocycles. The number of carbonyl (C=O) groups excluding carboxylic acids is 1. The number of hydrogen-bond acceptors (Lipinski definition) is 2. The van der Waals surface area contributed by atoms with E-state index in [1.165, 1.54) is 0 Å². The molecular formula is C20H31NO2. The molecule has 3 nitrogen and oxygen atoms in total. The smallest absolute Gasteiger partial charge is 0.233 e. The third-order valence-corrected chi connectivity index (χ3v) is 5.38. The van der Waals surface area contributed by atoms with Crippen molar-refractivity contribution in [3.05, 3.63) is 35.9 Å². The van der Waals surface area contributed by atoms with E-state index < -0.39 is 5.41 Å². The van der Waals surface area contributed by atoms with E-state index in [9.17, 15) is 4.79 Å². The van der Waals surface area contributed by atoms with E-state index in [0.717, 1.165) is 44.3 Å². The van der Waals surface area contributed by atoms with E-state index >= 15 is 0 Å². The van der Waals surface area contributed by atoms with Crippen LogP contribution >= 0.6 is 0 Å². The van der Waals surface area contributed by atoms with Gasteiger partial charge in [0.15, 0.2) is 0 Å². The van der Waals surface area contributed by atoms with Crippen molar-refractivity contribution in [2.45, 2.75) is 51.9 Å². The molecule has 1 aromatic rings. The second-order valence-electron chi connectivity index (χ2n) is 6.59. The lowest BCUT2D eigenvalue weighted by atomic mass is 9.73. The number of likely N-dealkylation sites (N-methyl/N-ethyl adjacent to an activating group) is 1. The molecule has 0 saturated carbocycles. The number of ether oxygens (including phenoxy) is 1. The molecule has 0 bridgehead atoms.